The standard InChI is InChI=1S/C9H14N4O2/c1-9(2,3)15-8(14)6-4-5(7(10)11)12-13-6/h4H,1-3H3,(H3,10,11)(H,12,13). The van der Waals surface area contributed by atoms with Gasteiger partial charge in [-0.15, -0.1) is 0 Å². The fourth-order valence-corrected chi connectivity index (χ4v) is 0.897. The van der Waals surface area contributed by atoms with E-state index in [0.717, 1.165) is 0 Å². The number of aromatic nitrogens is 2. The van der Waals surface area contributed by atoms with Gasteiger partial charge in [0, 0.05) is 6.07 Å². The summed E-state index contributed by atoms with van der Waals surface area (Å²) in [6.07, 6.45) is 0. The van der Waals surface area contributed by atoms with Crippen molar-refractivity contribution in [1.82, 2.24) is 10.2 Å². The molecular formula is C9H14N4O2. The van der Waals surface area contributed by atoms with Crippen LogP contribution in [0.2, 0.25) is 0 Å². The highest BCUT2D eigenvalue weighted by Gasteiger charge is 2.19. The molecule has 0 unspecified atom stereocenters. The van der Waals surface area contributed by atoms with Crippen LogP contribution in [-0.2, 0) is 4.74 Å². The molecule has 0 atom stereocenters. The normalized spacial score (nSPS) is 11.1. The zero-order valence-electron chi connectivity index (χ0n) is 8.92. The number of hydrogen-bond donors (Lipinski definition) is 3. The second kappa shape index (κ2) is 3.72. The first-order valence-corrected chi connectivity index (χ1v) is 4.43. The average molecular weight is 210 g/mol. The Hall–Kier alpha value is -1.85. The van der Waals surface area contributed by atoms with Crippen LogP contribution in [0.4, 0.5) is 0 Å². The third-order valence-corrected chi connectivity index (χ3v) is 1.47. The number of nitrogen functional groups attached to an aromatic ring is 1. The predicted octanol–water partition coefficient (Wildman–Crippen LogP) is 0.649. The van der Waals surface area contributed by atoms with Crippen molar-refractivity contribution in [2.24, 2.45) is 5.73 Å². The Morgan fingerprint density at radius 1 is 1.60 bits per heavy atom. The fourth-order valence-electron chi connectivity index (χ4n) is 0.897. The van der Waals surface area contributed by atoms with Crippen LogP contribution in [0.5, 0.6) is 0 Å². The summed E-state index contributed by atoms with van der Waals surface area (Å²) in [5.41, 5.74) is 5.07. The molecule has 0 saturated heterocycles. The molecule has 0 bridgehead atoms. The highest BCUT2D eigenvalue weighted by molar-refractivity contribution is 5.96. The summed E-state index contributed by atoms with van der Waals surface area (Å²) in [5.74, 6) is -0.705. The smallest absolute Gasteiger partial charge is 0.356 e. The first kappa shape index (κ1) is 11.2. The second-order valence-electron chi connectivity index (χ2n) is 4.08. The van der Waals surface area contributed by atoms with Crippen molar-refractivity contribution >= 4 is 11.8 Å². The first-order valence-electron chi connectivity index (χ1n) is 4.43. The molecule has 0 aliphatic rings. The first-order chi connectivity index (χ1) is 6.79. The van der Waals surface area contributed by atoms with Gasteiger partial charge >= 0.3 is 5.97 Å². The number of carbonyl (C=O) groups excluding carboxylic acids is 1. The van der Waals surface area contributed by atoms with Crippen molar-refractivity contribution in [2.75, 3.05) is 0 Å². The van der Waals surface area contributed by atoms with E-state index in [0.29, 0.717) is 0 Å². The number of H-pyrrole nitrogens is 1. The number of aromatic amines is 1. The molecule has 0 aliphatic carbocycles. The van der Waals surface area contributed by atoms with E-state index < -0.39 is 11.6 Å². The number of amidine groups is 1. The summed E-state index contributed by atoms with van der Waals surface area (Å²) in [7, 11) is 0. The zero-order valence-corrected chi connectivity index (χ0v) is 8.92. The quantitative estimate of drug-likeness (QED) is 0.378. The van der Waals surface area contributed by atoms with Crippen LogP contribution in [-0.4, -0.2) is 27.6 Å². The van der Waals surface area contributed by atoms with Gasteiger partial charge in [0.1, 0.15) is 22.8 Å². The summed E-state index contributed by atoms with van der Waals surface area (Å²) in [4.78, 5) is 11.5. The average Bonchev–Trinajstić information content (AvgIpc) is 2.47. The van der Waals surface area contributed by atoms with Gasteiger partial charge in [0.05, 0.1) is 0 Å². The molecule has 0 amide bonds. The van der Waals surface area contributed by atoms with Gasteiger partial charge in [0.15, 0.2) is 0 Å². The summed E-state index contributed by atoms with van der Waals surface area (Å²) in [6, 6.07) is 1.39. The lowest BCUT2D eigenvalue weighted by Gasteiger charge is -2.18. The lowest BCUT2D eigenvalue weighted by atomic mass is 10.2. The molecule has 0 saturated carbocycles. The Balaban J connectivity index is 2.79. The van der Waals surface area contributed by atoms with E-state index in [1.54, 1.807) is 20.8 Å². The van der Waals surface area contributed by atoms with Crippen LogP contribution >= 0.6 is 0 Å². The molecule has 0 aliphatic heterocycles. The molecule has 6 nitrogen and oxygen atoms in total. The molecule has 0 aromatic carbocycles. The number of ether oxygens (including phenoxy) is 1. The number of rotatable bonds is 2. The molecular weight excluding hydrogens is 196 g/mol. The predicted molar refractivity (Wildman–Crippen MR) is 54.8 cm³/mol. The Labute approximate surface area is 87.3 Å². The summed E-state index contributed by atoms with van der Waals surface area (Å²) in [6.45, 7) is 5.31. The van der Waals surface area contributed by atoms with Crippen LogP contribution in [0, 0.1) is 5.41 Å². The third kappa shape index (κ3) is 3.08. The van der Waals surface area contributed by atoms with E-state index in [9.17, 15) is 4.79 Å². The minimum atomic E-state index is -0.557. The van der Waals surface area contributed by atoms with Crippen molar-refractivity contribution in [2.45, 2.75) is 26.4 Å². The maximum Gasteiger partial charge on any atom is 0.356 e. The topological polar surface area (TPSA) is 105 Å². The van der Waals surface area contributed by atoms with E-state index in [4.69, 9.17) is 15.9 Å². The SMILES string of the molecule is CC(C)(C)OC(=O)c1cc(C(=N)N)n[nH]1. The van der Waals surface area contributed by atoms with Gasteiger partial charge in [-0.2, -0.15) is 5.10 Å². The van der Waals surface area contributed by atoms with Crippen LogP contribution in [0.25, 0.3) is 0 Å². The molecule has 1 aromatic rings. The zero-order chi connectivity index (χ0) is 11.6. The molecule has 15 heavy (non-hydrogen) atoms. The van der Waals surface area contributed by atoms with Gasteiger partial charge in [-0.25, -0.2) is 4.79 Å². The van der Waals surface area contributed by atoms with Crippen molar-refractivity contribution in [1.29, 1.82) is 5.41 Å². The molecule has 0 fully saturated rings. The minimum Gasteiger partial charge on any atom is -0.455 e. The molecule has 4 N–H and O–H groups in total. The van der Waals surface area contributed by atoms with Crippen molar-refractivity contribution in [3.8, 4) is 0 Å². The van der Waals surface area contributed by atoms with Crippen molar-refractivity contribution < 1.29 is 9.53 Å². The van der Waals surface area contributed by atoms with E-state index in [-0.39, 0.29) is 17.2 Å². The Morgan fingerprint density at radius 3 is 2.60 bits per heavy atom. The molecule has 6 heteroatoms. The molecule has 82 valence electrons. The summed E-state index contributed by atoms with van der Waals surface area (Å²) in [5, 5.41) is 13.3. The molecule has 1 rings (SSSR count). The molecule has 0 spiro atoms. The third-order valence-electron chi connectivity index (χ3n) is 1.47. The van der Waals surface area contributed by atoms with Gasteiger partial charge in [0.2, 0.25) is 0 Å². The van der Waals surface area contributed by atoms with Crippen LogP contribution < -0.4 is 5.73 Å². The van der Waals surface area contributed by atoms with Crippen LogP contribution in [0.1, 0.15) is 37.0 Å². The van der Waals surface area contributed by atoms with E-state index in [2.05, 4.69) is 10.2 Å². The monoisotopic (exact) mass is 210 g/mol. The van der Waals surface area contributed by atoms with Gasteiger partial charge in [-0.3, -0.25) is 10.5 Å². The minimum absolute atomic E-state index is 0.190. The summed E-state index contributed by atoms with van der Waals surface area (Å²) < 4.78 is 5.10. The maximum absolute atomic E-state index is 11.5. The van der Waals surface area contributed by atoms with Gasteiger partial charge < -0.3 is 10.5 Å². The molecule has 1 aromatic heterocycles. The molecule has 1 heterocycles. The Bertz CT molecular complexity index is 389. The fraction of sp³-hybridized carbons (Fsp3) is 0.444. The number of carbonyl (C=O) groups is 1. The lowest BCUT2D eigenvalue weighted by molar-refractivity contribution is 0.00628. The second-order valence-corrected chi connectivity index (χ2v) is 4.08. The van der Waals surface area contributed by atoms with Crippen molar-refractivity contribution in [3.05, 3.63) is 17.5 Å². The number of nitrogens with one attached hydrogen (secondary N) is 2. The maximum atomic E-state index is 11.5. The number of nitrogens with zero attached hydrogens (tertiary/aromatic N) is 1. The van der Waals surface area contributed by atoms with E-state index >= 15 is 0 Å². The number of hydrogen-bond acceptors (Lipinski definition) is 4. The van der Waals surface area contributed by atoms with Crippen LogP contribution in [0.3, 0.4) is 0 Å². The Kier molecular flexibility index (Phi) is 2.78. The number of esters is 1. The number of nitrogens with two attached hydrogens (primary N) is 1. The summed E-state index contributed by atoms with van der Waals surface area (Å²) >= 11 is 0. The van der Waals surface area contributed by atoms with Gasteiger partial charge in [-0.05, 0) is 20.8 Å². The Morgan fingerprint density at radius 2 is 2.20 bits per heavy atom. The highest BCUT2D eigenvalue weighted by Crippen LogP contribution is 2.11. The van der Waals surface area contributed by atoms with E-state index in [1.165, 1.54) is 6.07 Å². The van der Waals surface area contributed by atoms with Gasteiger partial charge in [-0.1, -0.05) is 0 Å². The highest BCUT2D eigenvalue weighted by atomic mass is 16.6. The van der Waals surface area contributed by atoms with Gasteiger partial charge in [0.25, 0.3) is 0 Å². The van der Waals surface area contributed by atoms with Crippen LogP contribution in [0.15, 0.2) is 6.07 Å². The van der Waals surface area contributed by atoms with Crippen molar-refractivity contribution in [3.63, 3.8) is 0 Å². The van der Waals surface area contributed by atoms with E-state index in [1.807, 2.05) is 0 Å². The largest absolute Gasteiger partial charge is 0.455 e. The molecule has 0 radical (unpaired) electrons. The lowest BCUT2D eigenvalue weighted by Crippen LogP contribution is -2.24.